The second-order valence-electron chi connectivity index (χ2n) is 7.77. The van der Waals surface area contributed by atoms with Gasteiger partial charge in [-0.1, -0.05) is 11.6 Å². The third kappa shape index (κ3) is 7.28. The Kier molecular flexibility index (Phi) is 8.37. The monoisotopic (exact) mass is 471 g/mol. The maximum absolute atomic E-state index is 12.8. The molecule has 174 valence electrons. The Morgan fingerprint density at radius 3 is 2.52 bits per heavy atom. The van der Waals surface area contributed by atoms with Crippen LogP contribution in [-0.4, -0.2) is 47.7 Å². The molecule has 2 heterocycles. The van der Waals surface area contributed by atoms with Gasteiger partial charge < -0.3 is 20.9 Å². The molecule has 1 atom stereocenters. The zero-order valence-electron chi connectivity index (χ0n) is 18.3. The highest BCUT2D eigenvalue weighted by molar-refractivity contribution is 6.30. The van der Waals surface area contributed by atoms with Crippen LogP contribution in [0.1, 0.15) is 43.0 Å². The normalized spacial score (nSPS) is 14.4. The minimum atomic E-state index is -0.642. The molecule has 0 radical (unpaired) electrons. The SMILES string of the molecule is CC(=O)NCC(CC(=O)Nc1ccc(Cl)cn1)NC(=O)c1ccc(N2CCCCC2=O)cc1. The van der Waals surface area contributed by atoms with E-state index in [1.54, 1.807) is 41.3 Å². The van der Waals surface area contributed by atoms with Crippen molar-refractivity contribution in [3.63, 3.8) is 0 Å². The zero-order chi connectivity index (χ0) is 23.8. The zero-order valence-corrected chi connectivity index (χ0v) is 19.0. The van der Waals surface area contributed by atoms with Crippen LogP contribution in [0.2, 0.25) is 5.02 Å². The number of benzene rings is 1. The summed E-state index contributed by atoms with van der Waals surface area (Å²) in [7, 11) is 0. The van der Waals surface area contributed by atoms with E-state index in [-0.39, 0.29) is 36.6 Å². The summed E-state index contributed by atoms with van der Waals surface area (Å²) in [4.78, 5) is 54.4. The molecule has 10 heteroatoms. The van der Waals surface area contributed by atoms with E-state index in [0.29, 0.717) is 29.4 Å². The number of nitrogens with one attached hydrogen (secondary N) is 3. The number of hydrogen-bond acceptors (Lipinski definition) is 5. The lowest BCUT2D eigenvalue weighted by atomic mass is 10.1. The van der Waals surface area contributed by atoms with Crippen molar-refractivity contribution in [3.8, 4) is 0 Å². The number of pyridine rings is 1. The summed E-state index contributed by atoms with van der Waals surface area (Å²) in [6.07, 6.45) is 3.71. The minimum absolute atomic E-state index is 0.0727. The van der Waals surface area contributed by atoms with Crippen LogP contribution in [-0.2, 0) is 14.4 Å². The van der Waals surface area contributed by atoms with Crippen molar-refractivity contribution in [1.82, 2.24) is 15.6 Å². The molecule has 1 aliphatic rings. The fourth-order valence-corrected chi connectivity index (χ4v) is 3.56. The predicted molar refractivity (Wildman–Crippen MR) is 125 cm³/mol. The van der Waals surface area contributed by atoms with Crippen molar-refractivity contribution in [1.29, 1.82) is 0 Å². The number of piperidine rings is 1. The van der Waals surface area contributed by atoms with Crippen LogP contribution in [0.4, 0.5) is 11.5 Å². The number of hydrogen-bond donors (Lipinski definition) is 3. The molecule has 4 amide bonds. The first-order valence-corrected chi connectivity index (χ1v) is 11.1. The largest absolute Gasteiger partial charge is 0.354 e. The lowest BCUT2D eigenvalue weighted by Gasteiger charge is -2.27. The van der Waals surface area contributed by atoms with E-state index in [1.807, 2.05) is 0 Å². The Bertz CT molecular complexity index is 1010. The summed E-state index contributed by atoms with van der Waals surface area (Å²) >= 11 is 5.80. The lowest BCUT2D eigenvalue weighted by molar-refractivity contribution is -0.120. The first-order valence-electron chi connectivity index (χ1n) is 10.7. The first-order chi connectivity index (χ1) is 15.8. The molecular formula is C23H26ClN5O4. The Hall–Kier alpha value is -3.46. The van der Waals surface area contributed by atoms with Crippen LogP contribution in [0.25, 0.3) is 0 Å². The van der Waals surface area contributed by atoms with E-state index in [0.717, 1.165) is 18.5 Å². The highest BCUT2D eigenvalue weighted by Gasteiger charge is 2.21. The fourth-order valence-electron chi connectivity index (χ4n) is 3.45. The summed E-state index contributed by atoms with van der Waals surface area (Å²) in [6.45, 7) is 2.11. The van der Waals surface area contributed by atoms with Gasteiger partial charge >= 0.3 is 0 Å². The summed E-state index contributed by atoms with van der Waals surface area (Å²) in [6, 6.07) is 9.27. The van der Waals surface area contributed by atoms with Crippen molar-refractivity contribution in [2.45, 2.75) is 38.6 Å². The van der Waals surface area contributed by atoms with Crippen LogP contribution in [0.3, 0.4) is 0 Å². The van der Waals surface area contributed by atoms with E-state index in [1.165, 1.54) is 13.1 Å². The van der Waals surface area contributed by atoms with Crippen molar-refractivity contribution in [3.05, 3.63) is 53.2 Å². The number of nitrogens with zero attached hydrogens (tertiary/aromatic N) is 2. The predicted octanol–water partition coefficient (Wildman–Crippen LogP) is 2.52. The molecule has 1 saturated heterocycles. The van der Waals surface area contributed by atoms with E-state index in [9.17, 15) is 19.2 Å². The second-order valence-corrected chi connectivity index (χ2v) is 8.21. The van der Waals surface area contributed by atoms with Gasteiger partial charge in [0, 0.05) is 50.3 Å². The number of halogens is 1. The highest BCUT2D eigenvalue weighted by atomic mass is 35.5. The molecule has 1 aromatic carbocycles. The molecule has 0 aliphatic carbocycles. The quantitative estimate of drug-likeness (QED) is 0.546. The highest BCUT2D eigenvalue weighted by Crippen LogP contribution is 2.21. The first kappa shape index (κ1) is 24.2. The van der Waals surface area contributed by atoms with Crippen LogP contribution in [0, 0.1) is 0 Å². The lowest BCUT2D eigenvalue weighted by Crippen LogP contribution is -2.45. The molecule has 1 unspecified atom stereocenters. The maximum Gasteiger partial charge on any atom is 0.251 e. The van der Waals surface area contributed by atoms with Crippen LogP contribution in [0.5, 0.6) is 0 Å². The Morgan fingerprint density at radius 2 is 1.88 bits per heavy atom. The summed E-state index contributed by atoms with van der Waals surface area (Å²) in [5, 5.41) is 8.49. The summed E-state index contributed by atoms with van der Waals surface area (Å²) < 4.78 is 0. The second kappa shape index (κ2) is 11.4. The molecule has 2 aromatic rings. The van der Waals surface area contributed by atoms with Crippen molar-refractivity contribution in [2.24, 2.45) is 0 Å². The van der Waals surface area contributed by atoms with Gasteiger partial charge in [-0.15, -0.1) is 0 Å². The average molecular weight is 472 g/mol. The van der Waals surface area contributed by atoms with E-state index in [2.05, 4.69) is 20.9 Å². The van der Waals surface area contributed by atoms with E-state index >= 15 is 0 Å². The summed E-state index contributed by atoms with van der Waals surface area (Å²) in [5.41, 5.74) is 1.14. The number of aromatic nitrogens is 1. The molecule has 9 nitrogen and oxygen atoms in total. The number of carbonyl (C=O) groups is 4. The van der Waals surface area contributed by atoms with Gasteiger partial charge in [0.2, 0.25) is 17.7 Å². The van der Waals surface area contributed by atoms with Gasteiger partial charge in [0.05, 0.1) is 11.1 Å². The molecule has 33 heavy (non-hydrogen) atoms. The number of amides is 4. The van der Waals surface area contributed by atoms with Crippen molar-refractivity contribution in [2.75, 3.05) is 23.3 Å². The number of carbonyl (C=O) groups excluding carboxylic acids is 4. The van der Waals surface area contributed by atoms with Crippen molar-refractivity contribution < 1.29 is 19.2 Å². The molecular weight excluding hydrogens is 446 g/mol. The Balaban J connectivity index is 1.62. The average Bonchev–Trinajstić information content (AvgIpc) is 2.79. The van der Waals surface area contributed by atoms with Gasteiger partial charge in [0.1, 0.15) is 5.82 Å². The van der Waals surface area contributed by atoms with Gasteiger partial charge in [0.15, 0.2) is 0 Å². The van der Waals surface area contributed by atoms with E-state index < -0.39 is 6.04 Å². The number of anilines is 2. The third-order valence-corrected chi connectivity index (χ3v) is 5.35. The van der Waals surface area contributed by atoms with Gasteiger partial charge in [-0.2, -0.15) is 0 Å². The van der Waals surface area contributed by atoms with Crippen molar-refractivity contribution >= 4 is 46.7 Å². The van der Waals surface area contributed by atoms with E-state index in [4.69, 9.17) is 11.6 Å². The van der Waals surface area contributed by atoms with Crippen LogP contribution < -0.4 is 20.9 Å². The smallest absolute Gasteiger partial charge is 0.251 e. The van der Waals surface area contributed by atoms with Gasteiger partial charge in [-0.25, -0.2) is 4.98 Å². The van der Waals surface area contributed by atoms with Crippen LogP contribution >= 0.6 is 11.6 Å². The minimum Gasteiger partial charge on any atom is -0.354 e. The fraction of sp³-hybridized carbons (Fsp3) is 0.348. The topological polar surface area (TPSA) is 120 Å². The van der Waals surface area contributed by atoms with Gasteiger partial charge in [0.25, 0.3) is 5.91 Å². The molecule has 1 aromatic heterocycles. The van der Waals surface area contributed by atoms with Gasteiger partial charge in [-0.3, -0.25) is 19.2 Å². The molecule has 0 spiro atoms. The molecule has 1 aliphatic heterocycles. The van der Waals surface area contributed by atoms with Crippen LogP contribution in [0.15, 0.2) is 42.6 Å². The molecule has 1 fully saturated rings. The standard InChI is InChI=1S/C23H26ClN5O4/c1-15(30)25-14-18(12-21(31)28-20-10-7-17(24)13-26-20)27-23(33)16-5-8-19(9-6-16)29-11-3-2-4-22(29)32/h5-10,13,18H,2-4,11-12,14H2,1H3,(H,25,30)(H,27,33)(H,26,28,31). The summed E-state index contributed by atoms with van der Waals surface area (Å²) in [5.74, 6) is -0.629. The molecule has 0 saturated carbocycles. The molecule has 3 N–H and O–H groups in total. The Labute approximate surface area is 196 Å². The third-order valence-electron chi connectivity index (χ3n) is 5.12. The maximum atomic E-state index is 12.8. The number of rotatable bonds is 8. The molecule has 0 bridgehead atoms. The molecule has 3 rings (SSSR count). The van der Waals surface area contributed by atoms with Gasteiger partial charge in [-0.05, 0) is 49.2 Å². The Morgan fingerprint density at radius 1 is 1.12 bits per heavy atom.